The summed E-state index contributed by atoms with van der Waals surface area (Å²) in [5, 5.41) is 0. The first kappa shape index (κ1) is 17.7. The molecule has 0 N–H and O–H groups in total. The average Bonchev–Trinajstić information content (AvgIpc) is 2.52. The monoisotopic (exact) mass is 311 g/mol. The van der Waals surface area contributed by atoms with Crippen LogP contribution in [-0.4, -0.2) is 87.2 Å². The number of esters is 1. The second-order valence-electron chi connectivity index (χ2n) is 7.19. The van der Waals surface area contributed by atoms with Gasteiger partial charge in [-0.2, -0.15) is 0 Å². The second-order valence-corrected chi connectivity index (χ2v) is 7.19. The third-order valence-corrected chi connectivity index (χ3v) is 4.98. The fraction of sp³-hybridized carbons (Fsp3) is 0.941. The van der Waals surface area contributed by atoms with Gasteiger partial charge >= 0.3 is 5.97 Å². The van der Waals surface area contributed by atoms with Gasteiger partial charge in [-0.25, -0.2) is 0 Å². The number of nitrogens with zero attached hydrogens (tertiary/aromatic N) is 3. The molecule has 0 amide bonds. The lowest BCUT2D eigenvalue weighted by Gasteiger charge is -2.41. The molecule has 2 aliphatic rings. The highest BCUT2D eigenvalue weighted by Crippen LogP contribution is 2.24. The summed E-state index contributed by atoms with van der Waals surface area (Å²) in [6, 6.07) is 0.667. The van der Waals surface area contributed by atoms with Gasteiger partial charge in [0.25, 0.3) is 0 Å². The van der Waals surface area contributed by atoms with Crippen LogP contribution in [0.2, 0.25) is 0 Å². The Balaban J connectivity index is 1.71. The van der Waals surface area contributed by atoms with E-state index in [2.05, 4.69) is 21.7 Å². The van der Waals surface area contributed by atoms with Crippen LogP contribution in [-0.2, 0) is 9.53 Å². The lowest BCUT2D eigenvalue weighted by Crippen LogP contribution is -2.49. The standard InChI is InChI=1S/C17H33N3O2/c1-18(2)9-5-13-22-17(21)15-6-4-10-20(14-15)16-7-11-19(3)12-8-16/h15-16H,4-14H2,1-3H3. The van der Waals surface area contributed by atoms with Crippen LogP contribution in [0.25, 0.3) is 0 Å². The maximum absolute atomic E-state index is 12.3. The van der Waals surface area contributed by atoms with E-state index in [9.17, 15) is 4.79 Å². The zero-order valence-corrected chi connectivity index (χ0v) is 14.6. The summed E-state index contributed by atoms with van der Waals surface area (Å²) in [6.07, 6.45) is 5.52. The normalized spacial score (nSPS) is 25.5. The van der Waals surface area contributed by atoms with Gasteiger partial charge in [0.15, 0.2) is 0 Å². The SMILES string of the molecule is CN(C)CCCOC(=O)C1CCCN(C2CCN(C)CC2)C1. The van der Waals surface area contributed by atoms with E-state index in [1.165, 1.54) is 25.9 Å². The van der Waals surface area contributed by atoms with Gasteiger partial charge in [-0.1, -0.05) is 0 Å². The summed E-state index contributed by atoms with van der Waals surface area (Å²) in [6.45, 7) is 5.95. The number of carbonyl (C=O) groups is 1. The van der Waals surface area contributed by atoms with Crippen LogP contribution in [0.3, 0.4) is 0 Å². The van der Waals surface area contributed by atoms with Crippen molar-refractivity contribution in [3.05, 3.63) is 0 Å². The van der Waals surface area contributed by atoms with Crippen LogP contribution in [0.15, 0.2) is 0 Å². The van der Waals surface area contributed by atoms with Gasteiger partial charge in [0.2, 0.25) is 0 Å². The molecule has 0 aromatic heterocycles. The van der Waals surface area contributed by atoms with Crippen LogP contribution >= 0.6 is 0 Å². The van der Waals surface area contributed by atoms with Crippen LogP contribution < -0.4 is 0 Å². The van der Waals surface area contributed by atoms with Gasteiger partial charge in [-0.3, -0.25) is 9.69 Å². The molecule has 2 rings (SSSR count). The summed E-state index contributed by atoms with van der Waals surface area (Å²) in [5.74, 6) is 0.115. The third kappa shape index (κ3) is 5.52. The van der Waals surface area contributed by atoms with Crippen molar-refractivity contribution in [2.75, 3.05) is 60.5 Å². The van der Waals surface area contributed by atoms with Crippen LogP contribution in [0.4, 0.5) is 0 Å². The van der Waals surface area contributed by atoms with E-state index in [1.54, 1.807) is 0 Å². The summed E-state index contributed by atoms with van der Waals surface area (Å²) in [4.78, 5) is 19.3. The Bertz CT molecular complexity index is 341. The number of rotatable bonds is 6. The van der Waals surface area contributed by atoms with Crippen molar-refractivity contribution in [1.29, 1.82) is 0 Å². The smallest absolute Gasteiger partial charge is 0.310 e. The van der Waals surface area contributed by atoms with E-state index in [1.807, 2.05) is 14.1 Å². The largest absolute Gasteiger partial charge is 0.465 e. The van der Waals surface area contributed by atoms with Crippen molar-refractivity contribution in [2.24, 2.45) is 5.92 Å². The van der Waals surface area contributed by atoms with Gasteiger partial charge in [-0.05, 0) is 72.9 Å². The highest BCUT2D eigenvalue weighted by atomic mass is 16.5. The Hall–Kier alpha value is -0.650. The van der Waals surface area contributed by atoms with Crippen molar-refractivity contribution in [1.82, 2.24) is 14.7 Å². The number of carbonyl (C=O) groups excluding carboxylic acids is 1. The number of ether oxygens (including phenoxy) is 1. The molecule has 1 atom stereocenters. The van der Waals surface area contributed by atoms with Gasteiger partial charge in [0, 0.05) is 19.1 Å². The first-order valence-electron chi connectivity index (χ1n) is 8.80. The predicted molar refractivity (Wildman–Crippen MR) is 88.9 cm³/mol. The molecule has 128 valence electrons. The second kappa shape index (κ2) is 8.85. The maximum Gasteiger partial charge on any atom is 0.310 e. The summed E-state index contributed by atoms with van der Waals surface area (Å²) >= 11 is 0. The minimum absolute atomic E-state index is 0.0244. The lowest BCUT2D eigenvalue weighted by molar-refractivity contribution is -0.151. The molecule has 0 bridgehead atoms. The fourth-order valence-corrected chi connectivity index (χ4v) is 3.56. The van der Waals surface area contributed by atoms with Gasteiger partial charge < -0.3 is 14.5 Å². The number of hydrogen-bond donors (Lipinski definition) is 0. The maximum atomic E-state index is 12.3. The Morgan fingerprint density at radius 2 is 1.91 bits per heavy atom. The van der Waals surface area contributed by atoms with Crippen molar-refractivity contribution < 1.29 is 9.53 Å². The topological polar surface area (TPSA) is 36.0 Å². The van der Waals surface area contributed by atoms with E-state index >= 15 is 0 Å². The molecule has 2 aliphatic heterocycles. The molecule has 5 nitrogen and oxygen atoms in total. The molecule has 0 aliphatic carbocycles. The van der Waals surface area contributed by atoms with E-state index in [4.69, 9.17) is 4.74 Å². The van der Waals surface area contributed by atoms with E-state index in [-0.39, 0.29) is 11.9 Å². The predicted octanol–water partition coefficient (Wildman–Crippen LogP) is 1.29. The first-order valence-corrected chi connectivity index (χ1v) is 8.80. The third-order valence-electron chi connectivity index (χ3n) is 4.98. The summed E-state index contributed by atoms with van der Waals surface area (Å²) in [5.41, 5.74) is 0. The van der Waals surface area contributed by atoms with Crippen molar-refractivity contribution >= 4 is 5.97 Å². The Morgan fingerprint density at radius 3 is 2.59 bits per heavy atom. The Kier molecular flexibility index (Phi) is 7.12. The van der Waals surface area contributed by atoms with Crippen molar-refractivity contribution in [2.45, 2.75) is 38.1 Å². The Morgan fingerprint density at radius 1 is 1.18 bits per heavy atom. The van der Waals surface area contributed by atoms with Gasteiger partial charge in [-0.15, -0.1) is 0 Å². The highest BCUT2D eigenvalue weighted by molar-refractivity contribution is 5.72. The molecule has 1 unspecified atom stereocenters. The highest BCUT2D eigenvalue weighted by Gasteiger charge is 2.31. The lowest BCUT2D eigenvalue weighted by atomic mass is 9.94. The molecule has 0 aromatic carbocycles. The molecule has 0 aromatic rings. The number of hydrogen-bond acceptors (Lipinski definition) is 5. The average molecular weight is 311 g/mol. The van der Waals surface area contributed by atoms with Gasteiger partial charge in [0.05, 0.1) is 12.5 Å². The van der Waals surface area contributed by atoms with Crippen LogP contribution in [0.5, 0.6) is 0 Å². The minimum atomic E-state index is 0.0244. The Labute approximate surface area is 135 Å². The molecule has 0 radical (unpaired) electrons. The molecule has 5 heteroatoms. The number of piperidine rings is 2. The van der Waals surface area contributed by atoms with Crippen LogP contribution in [0, 0.1) is 5.92 Å². The van der Waals surface area contributed by atoms with E-state index in [0.717, 1.165) is 38.9 Å². The quantitative estimate of drug-likeness (QED) is 0.546. The van der Waals surface area contributed by atoms with Gasteiger partial charge in [0.1, 0.15) is 0 Å². The molecule has 2 fully saturated rings. The number of likely N-dealkylation sites (tertiary alicyclic amines) is 2. The minimum Gasteiger partial charge on any atom is -0.465 e. The fourth-order valence-electron chi connectivity index (χ4n) is 3.56. The molecule has 2 saturated heterocycles. The zero-order chi connectivity index (χ0) is 15.9. The molecular formula is C17H33N3O2. The molecule has 0 saturated carbocycles. The zero-order valence-electron chi connectivity index (χ0n) is 14.6. The summed E-state index contributed by atoms with van der Waals surface area (Å²) in [7, 11) is 6.28. The molecule has 22 heavy (non-hydrogen) atoms. The molecular weight excluding hydrogens is 278 g/mol. The first-order chi connectivity index (χ1) is 10.6. The molecule has 2 heterocycles. The molecule has 0 spiro atoms. The van der Waals surface area contributed by atoms with Crippen molar-refractivity contribution in [3.63, 3.8) is 0 Å². The summed E-state index contributed by atoms with van der Waals surface area (Å²) < 4.78 is 5.48. The van der Waals surface area contributed by atoms with Crippen LogP contribution in [0.1, 0.15) is 32.1 Å². The van der Waals surface area contributed by atoms with Crippen molar-refractivity contribution in [3.8, 4) is 0 Å². The van der Waals surface area contributed by atoms with E-state index < -0.39 is 0 Å². The van der Waals surface area contributed by atoms with E-state index in [0.29, 0.717) is 12.6 Å².